The van der Waals surface area contributed by atoms with Crippen molar-refractivity contribution in [3.05, 3.63) is 0 Å². The lowest BCUT2D eigenvalue weighted by Crippen LogP contribution is -2.12. The largest absolute Gasteiger partial charge is 0.481 e. The van der Waals surface area contributed by atoms with Gasteiger partial charge in [0.2, 0.25) is 0 Å². The molecule has 0 spiro atoms. The molecule has 0 heterocycles. The predicted octanol–water partition coefficient (Wildman–Crippen LogP) is 4.98. The smallest absolute Gasteiger partial charge is 0.303 e. The lowest BCUT2D eigenvalue weighted by atomic mass is 9.84. The number of hydrogen-bond donors (Lipinski definition) is 1. The first-order chi connectivity index (χ1) is 8.36. The molecule has 0 rings (SSSR count). The summed E-state index contributed by atoms with van der Waals surface area (Å²) in [4.78, 5) is 10.6. The van der Waals surface area contributed by atoms with Gasteiger partial charge in [-0.2, -0.15) is 0 Å². The van der Waals surface area contributed by atoms with Crippen LogP contribution in [0.15, 0.2) is 0 Å². The van der Waals surface area contributed by atoms with Gasteiger partial charge in [-0.3, -0.25) is 4.79 Å². The van der Waals surface area contributed by atoms with E-state index in [1.807, 2.05) is 6.92 Å². The summed E-state index contributed by atoms with van der Waals surface area (Å²) in [5.74, 6) is 1.96. The summed E-state index contributed by atoms with van der Waals surface area (Å²) in [6.45, 7) is 11.3. The summed E-state index contributed by atoms with van der Waals surface area (Å²) < 4.78 is 0. The van der Waals surface area contributed by atoms with Crippen molar-refractivity contribution in [2.24, 2.45) is 23.7 Å². The number of carbonyl (C=O) groups is 1. The van der Waals surface area contributed by atoms with Gasteiger partial charge in [0.05, 0.1) is 0 Å². The molecule has 108 valence electrons. The van der Waals surface area contributed by atoms with Crippen molar-refractivity contribution in [3.8, 4) is 0 Å². The first kappa shape index (κ1) is 17.5. The highest BCUT2D eigenvalue weighted by Gasteiger charge is 2.15. The first-order valence-electron chi connectivity index (χ1n) is 7.58. The minimum atomic E-state index is -0.667. The Morgan fingerprint density at radius 3 is 1.72 bits per heavy atom. The third-order valence-electron chi connectivity index (χ3n) is 4.42. The maximum atomic E-state index is 10.6. The average Bonchev–Trinajstić information content (AvgIpc) is 2.31. The highest BCUT2D eigenvalue weighted by Crippen LogP contribution is 2.26. The molecule has 4 unspecified atom stereocenters. The van der Waals surface area contributed by atoms with Crippen molar-refractivity contribution in [2.75, 3.05) is 0 Å². The van der Waals surface area contributed by atoms with Crippen LogP contribution in [0.5, 0.6) is 0 Å². The standard InChI is InChI=1S/C16H32O2/c1-6-12(2)7-9-14(4)15(5)10-8-13(3)11-16(17)18/h12-15H,6-11H2,1-5H3,(H,17,18). The van der Waals surface area contributed by atoms with Crippen LogP contribution in [0, 0.1) is 23.7 Å². The number of hydrogen-bond acceptors (Lipinski definition) is 1. The van der Waals surface area contributed by atoms with Gasteiger partial charge >= 0.3 is 5.97 Å². The molecule has 4 atom stereocenters. The molecule has 0 bridgehead atoms. The molecule has 0 aliphatic carbocycles. The second kappa shape index (κ2) is 9.41. The van der Waals surface area contributed by atoms with E-state index >= 15 is 0 Å². The van der Waals surface area contributed by atoms with E-state index < -0.39 is 5.97 Å². The molecule has 0 aromatic heterocycles. The second-order valence-electron chi connectivity index (χ2n) is 6.33. The Bertz CT molecular complexity index is 225. The number of rotatable bonds is 10. The lowest BCUT2D eigenvalue weighted by Gasteiger charge is -2.22. The molecule has 2 heteroatoms. The van der Waals surface area contributed by atoms with Crippen LogP contribution in [0.3, 0.4) is 0 Å². The SMILES string of the molecule is CCC(C)CCC(C)C(C)CCC(C)CC(=O)O. The van der Waals surface area contributed by atoms with Crippen LogP contribution in [-0.2, 0) is 4.79 Å². The Morgan fingerprint density at radius 2 is 1.33 bits per heavy atom. The highest BCUT2D eigenvalue weighted by atomic mass is 16.4. The zero-order valence-corrected chi connectivity index (χ0v) is 12.9. The van der Waals surface area contributed by atoms with Crippen molar-refractivity contribution in [1.29, 1.82) is 0 Å². The molecular formula is C16H32O2. The molecule has 0 radical (unpaired) electrons. The molecule has 0 saturated heterocycles. The van der Waals surface area contributed by atoms with Gasteiger partial charge in [0.15, 0.2) is 0 Å². The highest BCUT2D eigenvalue weighted by molar-refractivity contribution is 5.66. The minimum Gasteiger partial charge on any atom is -0.481 e. The molecule has 2 nitrogen and oxygen atoms in total. The molecule has 0 aliphatic rings. The van der Waals surface area contributed by atoms with Crippen LogP contribution in [0.2, 0.25) is 0 Å². The average molecular weight is 256 g/mol. The summed E-state index contributed by atoms with van der Waals surface area (Å²) in [5.41, 5.74) is 0. The van der Waals surface area contributed by atoms with Gasteiger partial charge in [0, 0.05) is 6.42 Å². The van der Waals surface area contributed by atoms with E-state index in [1.165, 1.54) is 19.3 Å². The Balaban J connectivity index is 3.79. The van der Waals surface area contributed by atoms with E-state index in [0.717, 1.165) is 24.7 Å². The van der Waals surface area contributed by atoms with Crippen molar-refractivity contribution >= 4 is 5.97 Å². The van der Waals surface area contributed by atoms with E-state index in [-0.39, 0.29) is 0 Å². The maximum Gasteiger partial charge on any atom is 0.303 e. The molecule has 0 aromatic rings. The number of carboxylic acid groups (broad SMARTS) is 1. The molecule has 18 heavy (non-hydrogen) atoms. The third-order valence-corrected chi connectivity index (χ3v) is 4.42. The quantitative estimate of drug-likeness (QED) is 0.599. The first-order valence-corrected chi connectivity index (χ1v) is 7.58. The van der Waals surface area contributed by atoms with E-state index in [4.69, 9.17) is 5.11 Å². The fourth-order valence-electron chi connectivity index (χ4n) is 2.27. The van der Waals surface area contributed by atoms with Crippen LogP contribution >= 0.6 is 0 Å². The van der Waals surface area contributed by atoms with Crippen LogP contribution in [0.1, 0.15) is 73.1 Å². The summed E-state index contributed by atoms with van der Waals surface area (Å²) in [6.07, 6.45) is 6.43. The van der Waals surface area contributed by atoms with E-state index in [9.17, 15) is 4.79 Å². The Labute approximate surface area is 113 Å². The topological polar surface area (TPSA) is 37.3 Å². The van der Waals surface area contributed by atoms with E-state index in [0.29, 0.717) is 18.3 Å². The summed E-state index contributed by atoms with van der Waals surface area (Å²) in [7, 11) is 0. The van der Waals surface area contributed by atoms with Gasteiger partial charge in [0.25, 0.3) is 0 Å². The number of aliphatic carboxylic acids is 1. The molecule has 0 fully saturated rings. The number of carboxylic acids is 1. The van der Waals surface area contributed by atoms with Crippen LogP contribution in [-0.4, -0.2) is 11.1 Å². The second-order valence-corrected chi connectivity index (χ2v) is 6.33. The van der Waals surface area contributed by atoms with Crippen LogP contribution < -0.4 is 0 Å². The molecule has 0 amide bonds. The summed E-state index contributed by atoms with van der Waals surface area (Å²) in [5, 5.41) is 8.73. The van der Waals surface area contributed by atoms with Crippen LogP contribution in [0.25, 0.3) is 0 Å². The molecular weight excluding hydrogens is 224 g/mol. The Morgan fingerprint density at radius 1 is 0.889 bits per heavy atom. The molecule has 1 N–H and O–H groups in total. The lowest BCUT2D eigenvalue weighted by molar-refractivity contribution is -0.138. The molecule has 0 aliphatic heterocycles. The van der Waals surface area contributed by atoms with Crippen molar-refractivity contribution < 1.29 is 9.90 Å². The summed E-state index contributed by atoms with van der Waals surface area (Å²) in [6, 6.07) is 0. The van der Waals surface area contributed by atoms with Gasteiger partial charge < -0.3 is 5.11 Å². The van der Waals surface area contributed by atoms with Gasteiger partial charge in [0.1, 0.15) is 0 Å². The van der Waals surface area contributed by atoms with Gasteiger partial charge in [-0.1, -0.05) is 60.3 Å². The van der Waals surface area contributed by atoms with Crippen molar-refractivity contribution in [1.82, 2.24) is 0 Å². The summed E-state index contributed by atoms with van der Waals surface area (Å²) >= 11 is 0. The van der Waals surface area contributed by atoms with Gasteiger partial charge in [-0.25, -0.2) is 0 Å². The molecule has 0 aromatic carbocycles. The fourth-order valence-corrected chi connectivity index (χ4v) is 2.27. The van der Waals surface area contributed by atoms with Crippen molar-refractivity contribution in [2.45, 2.75) is 73.1 Å². The van der Waals surface area contributed by atoms with Gasteiger partial charge in [-0.05, 0) is 30.1 Å². The Kier molecular flexibility index (Phi) is 9.13. The Hall–Kier alpha value is -0.530. The van der Waals surface area contributed by atoms with E-state index in [1.54, 1.807) is 0 Å². The molecule has 0 saturated carbocycles. The third kappa shape index (κ3) is 8.54. The fraction of sp³-hybridized carbons (Fsp3) is 0.938. The zero-order valence-electron chi connectivity index (χ0n) is 12.9. The normalized spacial score (nSPS) is 18.1. The van der Waals surface area contributed by atoms with Crippen LogP contribution in [0.4, 0.5) is 0 Å². The maximum absolute atomic E-state index is 10.6. The zero-order chi connectivity index (χ0) is 14.1. The predicted molar refractivity (Wildman–Crippen MR) is 77.7 cm³/mol. The minimum absolute atomic E-state index is 0.312. The van der Waals surface area contributed by atoms with Gasteiger partial charge in [-0.15, -0.1) is 0 Å². The monoisotopic (exact) mass is 256 g/mol. The van der Waals surface area contributed by atoms with E-state index in [2.05, 4.69) is 27.7 Å². The van der Waals surface area contributed by atoms with Crippen molar-refractivity contribution in [3.63, 3.8) is 0 Å².